The average Bonchev–Trinajstić information content (AvgIpc) is 3.57. The number of aldehydes is 1. The molecule has 0 aromatic rings. The minimum atomic E-state index is -0.733. The zero-order chi connectivity index (χ0) is 35.2. The molecule has 5 N–H and O–H groups in total. The van der Waals surface area contributed by atoms with Gasteiger partial charge in [0.25, 0.3) is 0 Å². The van der Waals surface area contributed by atoms with Crippen LogP contribution < -0.4 is 22.1 Å². The van der Waals surface area contributed by atoms with Gasteiger partial charge in [0, 0.05) is 51.7 Å². The van der Waals surface area contributed by atoms with E-state index in [9.17, 15) is 24.0 Å². The number of hydrogen-bond acceptors (Lipinski definition) is 6. The first kappa shape index (κ1) is 43.2. The van der Waals surface area contributed by atoms with E-state index in [1.165, 1.54) is 19.3 Å². The second kappa shape index (κ2) is 29.1. The molecule has 0 aromatic carbocycles. The van der Waals surface area contributed by atoms with Crippen molar-refractivity contribution >= 4 is 29.8 Å². The molecule has 1 radical (unpaired) electrons. The van der Waals surface area contributed by atoms with Gasteiger partial charge in [-0.1, -0.05) is 70.6 Å². The molecular formula is C37H65N6O5. The second-order valence-electron chi connectivity index (χ2n) is 13.5. The van der Waals surface area contributed by atoms with Crippen molar-refractivity contribution in [2.24, 2.45) is 5.73 Å². The molecule has 1 unspecified atom stereocenters. The molecule has 1 heterocycles. The van der Waals surface area contributed by atoms with Gasteiger partial charge in [-0.2, -0.15) is 0 Å². The van der Waals surface area contributed by atoms with Crippen LogP contribution in [0.3, 0.4) is 0 Å². The highest BCUT2D eigenvalue weighted by molar-refractivity contribution is 5.83. The topological polar surface area (TPSA) is 167 Å². The third-order valence-electron chi connectivity index (χ3n) is 9.15. The minimum Gasteiger partial charge on any atom is -0.356 e. The van der Waals surface area contributed by atoms with Crippen LogP contribution in [0.4, 0.5) is 0 Å². The van der Waals surface area contributed by atoms with E-state index < -0.39 is 18.2 Å². The lowest BCUT2D eigenvalue weighted by Gasteiger charge is -2.20. The Morgan fingerprint density at radius 2 is 1.21 bits per heavy atom. The fourth-order valence-corrected chi connectivity index (χ4v) is 6.08. The number of rotatable bonds is 31. The van der Waals surface area contributed by atoms with Gasteiger partial charge in [0.1, 0.15) is 12.1 Å². The molecule has 48 heavy (non-hydrogen) atoms. The molecule has 11 heteroatoms. The summed E-state index contributed by atoms with van der Waals surface area (Å²) in [6.07, 6.45) is 22.6. The standard InChI is InChI=1S/C37H65N6O5/c1-40-34-23-19-29-43(34)37(48)33(39)25-26-36(47)42-27-17-12-8-4-6-10-14-22-32(45)21-13-9-5-2-3-7-11-15-24-35(46)41-28-18-16-20-31(38)30-44/h30-31,33-34,38H,2-29,39H2,(H,41,46)(H,42,47)/t31-,33?,34-/m0/s1. The van der Waals surface area contributed by atoms with Crippen LogP contribution >= 0.6 is 0 Å². The Bertz CT molecular complexity index is 955. The predicted octanol–water partition coefficient (Wildman–Crippen LogP) is 5.81. The van der Waals surface area contributed by atoms with Gasteiger partial charge in [0.15, 0.2) is 0 Å². The van der Waals surface area contributed by atoms with E-state index in [1.807, 2.05) is 0 Å². The van der Waals surface area contributed by atoms with Crippen LogP contribution in [-0.4, -0.2) is 72.6 Å². The quantitative estimate of drug-likeness (QED) is 0.0477. The number of hydrogen-bond donors (Lipinski definition) is 3. The Kier molecular flexibility index (Phi) is 26.2. The first-order valence-corrected chi connectivity index (χ1v) is 18.9. The summed E-state index contributed by atoms with van der Waals surface area (Å²) < 4.78 is 0. The predicted molar refractivity (Wildman–Crippen MR) is 189 cm³/mol. The van der Waals surface area contributed by atoms with E-state index in [4.69, 9.17) is 18.0 Å². The van der Waals surface area contributed by atoms with Crippen molar-refractivity contribution < 1.29 is 24.0 Å². The molecule has 1 saturated heterocycles. The number of Topliss-reactive ketones (excluding diaryl/α,β-unsaturated/α-hetero) is 1. The lowest BCUT2D eigenvalue weighted by atomic mass is 10.0. The van der Waals surface area contributed by atoms with Crippen LogP contribution in [0.25, 0.3) is 4.85 Å². The van der Waals surface area contributed by atoms with Gasteiger partial charge in [0.2, 0.25) is 17.7 Å². The summed E-state index contributed by atoms with van der Waals surface area (Å²) in [6.45, 7) is 9.02. The Labute approximate surface area is 290 Å². The number of ketones is 1. The maximum absolute atomic E-state index is 12.4. The summed E-state index contributed by atoms with van der Waals surface area (Å²) in [5.41, 5.74) is 13.4. The first-order chi connectivity index (χ1) is 23.3. The summed E-state index contributed by atoms with van der Waals surface area (Å²) in [7, 11) is 0. The normalized spacial score (nSPS) is 15.4. The number of carbonyl (C=O) groups is 5. The average molecular weight is 674 g/mol. The number of nitrogens with zero attached hydrogens (tertiary/aromatic N) is 2. The molecule has 0 aliphatic carbocycles. The number of nitrogens with two attached hydrogens (primary N) is 1. The summed E-state index contributed by atoms with van der Waals surface area (Å²) in [5.74, 6) is 0.173. The summed E-state index contributed by atoms with van der Waals surface area (Å²) in [5, 5.41) is 5.83. The fraction of sp³-hybridized carbons (Fsp3) is 0.838. The van der Waals surface area contributed by atoms with E-state index >= 15 is 0 Å². The SMILES string of the molecule is [C-]#[N+][C@@H]1CCCN1C(=O)C(N)CCC(=O)NCCCCCCCCCC(=O)CCCCCCCCCCC(=O)NCCCC[C@H]([NH])C=O. The zero-order valence-electron chi connectivity index (χ0n) is 29.6. The highest BCUT2D eigenvalue weighted by atomic mass is 16.2. The first-order valence-electron chi connectivity index (χ1n) is 18.9. The maximum Gasteiger partial charge on any atom is 0.300 e. The van der Waals surface area contributed by atoms with Crippen molar-refractivity contribution in [2.45, 2.75) is 179 Å². The van der Waals surface area contributed by atoms with Crippen LogP contribution in [0.5, 0.6) is 0 Å². The number of nitrogens with one attached hydrogen (secondary N) is 3. The van der Waals surface area contributed by atoms with E-state index in [0.717, 1.165) is 96.3 Å². The number of unbranched alkanes of at least 4 members (excludes halogenated alkanes) is 14. The highest BCUT2D eigenvalue weighted by Gasteiger charge is 2.35. The number of likely N-dealkylation sites (tertiary alicyclic amines) is 1. The van der Waals surface area contributed by atoms with Crippen molar-refractivity contribution in [3.63, 3.8) is 0 Å². The minimum absolute atomic E-state index is 0.0846. The van der Waals surface area contributed by atoms with Crippen LogP contribution in [0, 0.1) is 6.57 Å². The lowest BCUT2D eigenvalue weighted by Crippen LogP contribution is -2.45. The van der Waals surface area contributed by atoms with Gasteiger partial charge in [-0.15, -0.1) is 0 Å². The van der Waals surface area contributed by atoms with Crippen LogP contribution in [0.2, 0.25) is 0 Å². The molecule has 11 nitrogen and oxygen atoms in total. The van der Waals surface area contributed by atoms with Crippen LogP contribution in [0.1, 0.15) is 161 Å². The van der Waals surface area contributed by atoms with E-state index in [-0.39, 0.29) is 24.1 Å². The van der Waals surface area contributed by atoms with Gasteiger partial charge in [-0.05, 0) is 57.8 Å². The smallest absolute Gasteiger partial charge is 0.300 e. The molecule has 3 amide bonds. The lowest BCUT2D eigenvalue weighted by molar-refractivity contribution is -0.133. The Balaban J connectivity index is 1.82. The molecule has 1 aliphatic heterocycles. The third-order valence-corrected chi connectivity index (χ3v) is 9.15. The second-order valence-corrected chi connectivity index (χ2v) is 13.5. The van der Waals surface area contributed by atoms with E-state index in [0.29, 0.717) is 70.2 Å². The molecule has 0 bridgehead atoms. The monoisotopic (exact) mass is 674 g/mol. The maximum atomic E-state index is 12.4. The van der Waals surface area contributed by atoms with Crippen molar-refractivity contribution in [2.75, 3.05) is 19.6 Å². The molecule has 1 fully saturated rings. The largest absolute Gasteiger partial charge is 0.356 e. The van der Waals surface area contributed by atoms with Crippen LogP contribution in [-0.2, 0) is 24.0 Å². The van der Waals surface area contributed by atoms with Gasteiger partial charge < -0.3 is 21.2 Å². The molecule has 1 aliphatic rings. The molecule has 1 rings (SSSR count). The van der Waals surface area contributed by atoms with Gasteiger partial charge in [-0.3, -0.25) is 28.9 Å². The Hall–Kier alpha value is -2.84. The van der Waals surface area contributed by atoms with Crippen molar-refractivity contribution in [3.05, 3.63) is 11.4 Å². The van der Waals surface area contributed by atoms with Crippen LogP contribution in [0.15, 0.2) is 0 Å². The highest BCUT2D eigenvalue weighted by Crippen LogP contribution is 2.19. The molecule has 3 atom stereocenters. The zero-order valence-corrected chi connectivity index (χ0v) is 29.6. The fourth-order valence-electron chi connectivity index (χ4n) is 6.08. The Morgan fingerprint density at radius 1 is 0.729 bits per heavy atom. The molecule has 273 valence electrons. The van der Waals surface area contributed by atoms with Crippen molar-refractivity contribution in [3.8, 4) is 0 Å². The van der Waals surface area contributed by atoms with E-state index in [2.05, 4.69) is 15.5 Å². The van der Waals surface area contributed by atoms with Gasteiger partial charge in [0.05, 0.1) is 12.1 Å². The molecule has 0 aromatic heterocycles. The van der Waals surface area contributed by atoms with Gasteiger partial charge >= 0.3 is 6.17 Å². The van der Waals surface area contributed by atoms with Crippen molar-refractivity contribution in [1.82, 2.24) is 21.3 Å². The molecule has 0 spiro atoms. The number of carbonyl (C=O) groups excluding carboxylic acids is 5. The third kappa shape index (κ3) is 22.7. The summed E-state index contributed by atoms with van der Waals surface area (Å²) in [4.78, 5) is 64.1. The van der Waals surface area contributed by atoms with Crippen molar-refractivity contribution in [1.29, 1.82) is 0 Å². The number of amides is 3. The molecular weight excluding hydrogens is 608 g/mol. The Morgan fingerprint density at radius 3 is 1.75 bits per heavy atom. The van der Waals surface area contributed by atoms with Gasteiger partial charge in [-0.25, -0.2) is 12.3 Å². The molecule has 0 saturated carbocycles. The summed E-state index contributed by atoms with van der Waals surface area (Å²) in [6, 6.07) is -1.37. The van der Waals surface area contributed by atoms with E-state index in [1.54, 1.807) is 4.90 Å². The summed E-state index contributed by atoms with van der Waals surface area (Å²) >= 11 is 0.